The first-order valence-electron chi connectivity index (χ1n) is 4.58. The van der Waals surface area contributed by atoms with Crippen molar-refractivity contribution in [3.8, 4) is 0 Å². The number of ether oxygens (including phenoxy) is 2. The highest BCUT2D eigenvalue weighted by atomic mass is 16.6. The number of carbonyl (C=O) groups excluding carboxylic acids is 1. The van der Waals surface area contributed by atoms with Crippen molar-refractivity contribution in [2.24, 2.45) is 0 Å². The Morgan fingerprint density at radius 3 is 2.79 bits per heavy atom. The summed E-state index contributed by atoms with van der Waals surface area (Å²) in [5.74, 6) is -0.214. The number of hydrogen-bond acceptors (Lipinski definition) is 3. The van der Waals surface area contributed by atoms with Crippen LogP contribution in [0.25, 0.3) is 0 Å². The van der Waals surface area contributed by atoms with Gasteiger partial charge in [0, 0.05) is 0 Å². The van der Waals surface area contributed by atoms with Gasteiger partial charge in [-0.2, -0.15) is 0 Å². The summed E-state index contributed by atoms with van der Waals surface area (Å²) >= 11 is 0. The molecule has 0 N–H and O–H groups in total. The Balaban J connectivity index is 1.91. The van der Waals surface area contributed by atoms with Gasteiger partial charge in [0.15, 0.2) is 0 Å². The third-order valence-corrected chi connectivity index (χ3v) is 2.31. The lowest BCUT2D eigenvalue weighted by atomic mass is 10.1. The first kappa shape index (κ1) is 9.21. The van der Waals surface area contributed by atoms with Crippen LogP contribution in [0.2, 0.25) is 0 Å². The molecule has 0 aromatic heterocycles. The van der Waals surface area contributed by atoms with Crippen LogP contribution >= 0.6 is 0 Å². The lowest BCUT2D eigenvalue weighted by Gasteiger charge is -1.95. The smallest absolute Gasteiger partial charge is 0.308 e. The normalized spacial score (nSPS) is 24.4. The van der Waals surface area contributed by atoms with Crippen molar-refractivity contribution < 1.29 is 14.3 Å². The second kappa shape index (κ2) is 3.80. The Bertz CT molecular complexity index is 321. The summed E-state index contributed by atoms with van der Waals surface area (Å²) < 4.78 is 9.94. The first-order valence-corrected chi connectivity index (χ1v) is 4.58. The molecule has 1 fully saturated rings. The van der Waals surface area contributed by atoms with Crippen LogP contribution in [0.1, 0.15) is 18.1 Å². The highest BCUT2D eigenvalue weighted by Gasteiger charge is 2.41. The molecule has 1 aliphatic rings. The van der Waals surface area contributed by atoms with Gasteiger partial charge in [0.05, 0.1) is 19.6 Å². The summed E-state index contributed by atoms with van der Waals surface area (Å²) in [5.41, 5.74) is 1.13. The van der Waals surface area contributed by atoms with Gasteiger partial charge in [-0.1, -0.05) is 30.3 Å². The zero-order chi connectivity index (χ0) is 9.97. The van der Waals surface area contributed by atoms with Gasteiger partial charge in [-0.05, 0) is 5.56 Å². The van der Waals surface area contributed by atoms with Crippen LogP contribution in [-0.2, 0) is 14.3 Å². The van der Waals surface area contributed by atoms with Crippen molar-refractivity contribution >= 4 is 5.97 Å². The molecule has 1 aromatic rings. The molecule has 0 bridgehead atoms. The average molecular weight is 192 g/mol. The molecule has 0 amide bonds. The summed E-state index contributed by atoms with van der Waals surface area (Å²) in [7, 11) is 1.39. The molecule has 14 heavy (non-hydrogen) atoms. The van der Waals surface area contributed by atoms with Crippen LogP contribution in [0.4, 0.5) is 0 Å². The van der Waals surface area contributed by atoms with Crippen LogP contribution < -0.4 is 0 Å². The quantitative estimate of drug-likeness (QED) is 0.540. The van der Waals surface area contributed by atoms with Gasteiger partial charge in [-0.3, -0.25) is 4.79 Å². The molecule has 1 aromatic carbocycles. The Morgan fingerprint density at radius 2 is 2.14 bits per heavy atom. The second-order valence-corrected chi connectivity index (χ2v) is 3.29. The summed E-state index contributed by atoms with van der Waals surface area (Å²) in [4.78, 5) is 10.9. The molecular formula is C11H12O3. The zero-order valence-corrected chi connectivity index (χ0v) is 7.97. The van der Waals surface area contributed by atoms with Crippen molar-refractivity contribution in [2.45, 2.75) is 18.6 Å². The van der Waals surface area contributed by atoms with Gasteiger partial charge in [-0.15, -0.1) is 0 Å². The van der Waals surface area contributed by atoms with Gasteiger partial charge in [-0.25, -0.2) is 0 Å². The number of rotatable bonds is 3. The van der Waals surface area contributed by atoms with E-state index in [0.717, 1.165) is 5.56 Å². The highest BCUT2D eigenvalue weighted by molar-refractivity contribution is 5.70. The molecule has 2 rings (SSSR count). The standard InChI is InChI=1S/C11H12O3/c1-13-10(12)7-9-11(14-9)8-5-3-2-4-6-8/h2-6,9,11H,7H2,1H3. The SMILES string of the molecule is COC(=O)CC1OC1c1ccccc1. The Kier molecular flexibility index (Phi) is 2.50. The number of hydrogen-bond donors (Lipinski definition) is 0. The Hall–Kier alpha value is -1.35. The third kappa shape index (κ3) is 1.93. The molecular weight excluding hydrogens is 180 g/mol. The van der Waals surface area contributed by atoms with Gasteiger partial charge in [0.1, 0.15) is 6.10 Å². The summed E-state index contributed by atoms with van der Waals surface area (Å²) in [5, 5.41) is 0. The lowest BCUT2D eigenvalue weighted by molar-refractivity contribution is -0.140. The van der Waals surface area contributed by atoms with E-state index in [0.29, 0.717) is 6.42 Å². The highest BCUT2D eigenvalue weighted by Crippen LogP contribution is 2.40. The zero-order valence-electron chi connectivity index (χ0n) is 7.97. The fourth-order valence-electron chi connectivity index (χ4n) is 1.48. The van der Waals surface area contributed by atoms with Gasteiger partial charge >= 0.3 is 5.97 Å². The molecule has 74 valence electrons. The predicted octanol–water partition coefficient (Wildman–Crippen LogP) is 1.69. The third-order valence-electron chi connectivity index (χ3n) is 2.31. The largest absolute Gasteiger partial charge is 0.469 e. The first-order chi connectivity index (χ1) is 6.81. The van der Waals surface area contributed by atoms with E-state index in [1.54, 1.807) is 0 Å². The van der Waals surface area contributed by atoms with Crippen LogP contribution in [0, 0.1) is 0 Å². The monoisotopic (exact) mass is 192 g/mol. The van der Waals surface area contributed by atoms with Crippen molar-refractivity contribution in [3.63, 3.8) is 0 Å². The number of benzene rings is 1. The van der Waals surface area contributed by atoms with E-state index in [-0.39, 0.29) is 18.2 Å². The van der Waals surface area contributed by atoms with Crippen LogP contribution in [-0.4, -0.2) is 19.2 Å². The maximum absolute atomic E-state index is 10.9. The summed E-state index contributed by atoms with van der Waals surface area (Å²) in [6.07, 6.45) is 0.427. The fourth-order valence-corrected chi connectivity index (χ4v) is 1.48. The molecule has 0 aliphatic carbocycles. The van der Waals surface area contributed by atoms with E-state index in [4.69, 9.17) is 4.74 Å². The number of epoxide rings is 1. The lowest BCUT2D eigenvalue weighted by Crippen LogP contribution is -2.04. The van der Waals surface area contributed by atoms with Crippen LogP contribution in [0.15, 0.2) is 30.3 Å². The molecule has 0 saturated carbocycles. The minimum Gasteiger partial charge on any atom is -0.469 e. The van der Waals surface area contributed by atoms with Crippen LogP contribution in [0.5, 0.6) is 0 Å². The van der Waals surface area contributed by atoms with Gasteiger partial charge < -0.3 is 9.47 Å². The van der Waals surface area contributed by atoms with E-state index < -0.39 is 0 Å². The van der Waals surface area contributed by atoms with Crippen LogP contribution in [0.3, 0.4) is 0 Å². The molecule has 1 saturated heterocycles. The molecule has 3 heteroatoms. The van der Waals surface area contributed by atoms with E-state index in [2.05, 4.69) is 4.74 Å². The topological polar surface area (TPSA) is 38.8 Å². The van der Waals surface area contributed by atoms with E-state index in [9.17, 15) is 4.79 Å². The van der Waals surface area contributed by atoms with E-state index in [1.807, 2.05) is 30.3 Å². The molecule has 2 unspecified atom stereocenters. The minimum absolute atomic E-state index is 0.00449. The molecule has 1 aliphatic heterocycles. The second-order valence-electron chi connectivity index (χ2n) is 3.29. The predicted molar refractivity (Wildman–Crippen MR) is 50.7 cm³/mol. The summed E-state index contributed by atoms with van der Waals surface area (Å²) in [6, 6.07) is 9.89. The number of esters is 1. The Labute approximate surface area is 82.6 Å². The maximum Gasteiger partial charge on any atom is 0.308 e. The molecule has 0 radical (unpaired) electrons. The van der Waals surface area contributed by atoms with Gasteiger partial charge in [0.2, 0.25) is 0 Å². The molecule has 2 atom stereocenters. The fraction of sp³-hybridized carbons (Fsp3) is 0.364. The van der Waals surface area contributed by atoms with Crippen molar-refractivity contribution in [2.75, 3.05) is 7.11 Å². The molecule has 0 spiro atoms. The molecule has 1 heterocycles. The molecule has 3 nitrogen and oxygen atoms in total. The van der Waals surface area contributed by atoms with E-state index in [1.165, 1.54) is 7.11 Å². The van der Waals surface area contributed by atoms with Crippen molar-refractivity contribution in [1.82, 2.24) is 0 Å². The summed E-state index contributed by atoms with van der Waals surface area (Å²) in [6.45, 7) is 0. The average Bonchev–Trinajstić information content (AvgIpc) is 2.98. The number of methoxy groups -OCH3 is 1. The number of carbonyl (C=O) groups is 1. The van der Waals surface area contributed by atoms with Gasteiger partial charge in [0.25, 0.3) is 0 Å². The Morgan fingerprint density at radius 1 is 1.43 bits per heavy atom. The van der Waals surface area contributed by atoms with Crippen molar-refractivity contribution in [1.29, 1.82) is 0 Å². The minimum atomic E-state index is -0.214. The van der Waals surface area contributed by atoms with E-state index >= 15 is 0 Å². The van der Waals surface area contributed by atoms with Crippen molar-refractivity contribution in [3.05, 3.63) is 35.9 Å². The maximum atomic E-state index is 10.9.